The molecule has 0 heterocycles. The Labute approximate surface area is 126 Å². The second-order valence-corrected chi connectivity index (χ2v) is 6.04. The Morgan fingerprint density at radius 1 is 0.947 bits per heavy atom. The van der Waals surface area contributed by atoms with Crippen LogP contribution in [0.1, 0.15) is 5.56 Å². The topological polar surface area (TPSA) is 20.2 Å². The lowest BCUT2D eigenvalue weighted by atomic mass is 10.2. The Kier molecular flexibility index (Phi) is 4.29. The molecular weight excluding hydrogens is 388 g/mol. The molecule has 0 aliphatic heterocycles. The van der Waals surface area contributed by atoms with Crippen LogP contribution >= 0.6 is 34.4 Å². The summed E-state index contributed by atoms with van der Waals surface area (Å²) < 4.78 is 38.5. The fourth-order valence-corrected chi connectivity index (χ4v) is 2.93. The number of phenolic OH excluding ortho intramolecular Hbond substituents is 1. The highest BCUT2D eigenvalue weighted by atomic mass is 127. The first kappa shape index (κ1) is 14.5. The molecule has 2 aromatic rings. The number of hydrogen-bond acceptors (Lipinski definition) is 2. The van der Waals surface area contributed by atoms with E-state index in [0.29, 0.717) is 4.90 Å². The van der Waals surface area contributed by atoms with Gasteiger partial charge in [-0.1, -0.05) is 11.8 Å². The number of rotatable bonds is 2. The average Bonchev–Trinajstić information content (AvgIpc) is 2.33. The number of benzene rings is 2. The van der Waals surface area contributed by atoms with E-state index in [9.17, 15) is 13.2 Å². The lowest BCUT2D eigenvalue weighted by Gasteiger charge is -2.11. The predicted octanol–water partition coefficient (Wildman–Crippen LogP) is 5.17. The van der Waals surface area contributed by atoms with Gasteiger partial charge in [0.1, 0.15) is 5.75 Å². The number of aromatic hydroxyl groups is 1. The number of alkyl halides is 3. The maximum atomic E-state index is 12.8. The van der Waals surface area contributed by atoms with E-state index in [2.05, 4.69) is 0 Å². The molecule has 0 amide bonds. The van der Waals surface area contributed by atoms with E-state index in [-0.39, 0.29) is 9.32 Å². The van der Waals surface area contributed by atoms with E-state index in [1.165, 1.54) is 30.0 Å². The maximum absolute atomic E-state index is 12.8. The molecule has 0 saturated carbocycles. The first-order valence-corrected chi connectivity index (χ1v) is 7.09. The molecule has 0 fully saturated rings. The largest absolute Gasteiger partial charge is 0.508 e. The van der Waals surface area contributed by atoms with E-state index in [0.717, 1.165) is 11.0 Å². The summed E-state index contributed by atoms with van der Waals surface area (Å²) in [6.07, 6.45) is -4.35. The van der Waals surface area contributed by atoms with E-state index >= 15 is 0 Å². The van der Waals surface area contributed by atoms with Crippen molar-refractivity contribution >= 4 is 34.4 Å². The monoisotopic (exact) mass is 396 g/mol. The highest BCUT2D eigenvalue weighted by molar-refractivity contribution is 14.1. The van der Waals surface area contributed by atoms with Crippen molar-refractivity contribution in [2.75, 3.05) is 0 Å². The molecule has 0 spiro atoms. The van der Waals surface area contributed by atoms with Crippen LogP contribution in [0.3, 0.4) is 0 Å². The molecule has 19 heavy (non-hydrogen) atoms. The number of halogens is 4. The molecule has 0 atom stereocenters. The molecule has 1 nitrogen and oxygen atoms in total. The Morgan fingerprint density at radius 2 is 1.53 bits per heavy atom. The second-order valence-electron chi connectivity index (χ2n) is 3.74. The third-order valence-electron chi connectivity index (χ3n) is 2.32. The lowest BCUT2D eigenvalue weighted by molar-refractivity contribution is -0.138. The van der Waals surface area contributed by atoms with Crippen LogP contribution in [-0.4, -0.2) is 5.11 Å². The minimum atomic E-state index is -4.35. The summed E-state index contributed by atoms with van der Waals surface area (Å²) in [6, 6.07) is 10.6. The average molecular weight is 396 g/mol. The van der Waals surface area contributed by atoms with Crippen molar-refractivity contribution in [2.45, 2.75) is 16.0 Å². The third-order valence-corrected chi connectivity index (χ3v) is 4.25. The van der Waals surface area contributed by atoms with Gasteiger partial charge in [0.05, 0.1) is 5.56 Å². The fraction of sp³-hybridized carbons (Fsp3) is 0.0769. The van der Waals surface area contributed by atoms with Gasteiger partial charge in [0.15, 0.2) is 0 Å². The Morgan fingerprint density at radius 3 is 2.11 bits per heavy atom. The van der Waals surface area contributed by atoms with Crippen molar-refractivity contribution in [3.63, 3.8) is 0 Å². The van der Waals surface area contributed by atoms with Crippen molar-refractivity contribution in [1.29, 1.82) is 0 Å². The zero-order chi connectivity index (χ0) is 14.0. The van der Waals surface area contributed by atoms with Gasteiger partial charge in [0.25, 0.3) is 0 Å². The number of phenols is 1. The molecule has 2 rings (SSSR count). The summed E-state index contributed by atoms with van der Waals surface area (Å²) in [6.45, 7) is 0. The van der Waals surface area contributed by atoms with Crippen molar-refractivity contribution in [3.8, 4) is 5.75 Å². The van der Waals surface area contributed by atoms with Crippen molar-refractivity contribution in [2.24, 2.45) is 0 Å². The minimum absolute atomic E-state index is 0.128. The second kappa shape index (κ2) is 5.62. The molecule has 2 aromatic carbocycles. The standard InChI is InChI=1S/C13H8F3IOS/c14-13(15,16)11-7-10(5-6-12(11)17)19-9-3-1-8(18)2-4-9/h1-7,18H. The Hall–Kier alpha value is -0.890. The molecule has 0 saturated heterocycles. The van der Waals surface area contributed by atoms with Gasteiger partial charge < -0.3 is 5.11 Å². The van der Waals surface area contributed by atoms with Crippen LogP contribution in [-0.2, 0) is 6.18 Å². The predicted molar refractivity (Wildman–Crippen MR) is 76.4 cm³/mol. The van der Waals surface area contributed by atoms with Gasteiger partial charge in [-0.3, -0.25) is 0 Å². The summed E-state index contributed by atoms with van der Waals surface area (Å²) in [5, 5.41) is 9.15. The molecule has 0 unspecified atom stereocenters. The van der Waals surface area contributed by atoms with Crippen molar-refractivity contribution < 1.29 is 18.3 Å². The first-order chi connectivity index (χ1) is 8.86. The van der Waals surface area contributed by atoms with Gasteiger partial charge in [0, 0.05) is 13.4 Å². The molecule has 6 heteroatoms. The zero-order valence-corrected chi connectivity index (χ0v) is 12.4. The van der Waals surface area contributed by atoms with Crippen LogP contribution in [0.5, 0.6) is 5.75 Å². The maximum Gasteiger partial charge on any atom is 0.417 e. The third kappa shape index (κ3) is 3.79. The smallest absolute Gasteiger partial charge is 0.417 e. The zero-order valence-electron chi connectivity index (χ0n) is 9.41. The molecular formula is C13H8F3IOS. The van der Waals surface area contributed by atoms with E-state index in [1.807, 2.05) is 0 Å². The van der Waals surface area contributed by atoms with Gasteiger partial charge in [0.2, 0.25) is 0 Å². The van der Waals surface area contributed by atoms with E-state index in [4.69, 9.17) is 5.11 Å². The summed E-state index contributed by atoms with van der Waals surface area (Å²) in [4.78, 5) is 1.28. The van der Waals surface area contributed by atoms with E-state index in [1.54, 1.807) is 40.8 Å². The summed E-state index contributed by atoms with van der Waals surface area (Å²) in [7, 11) is 0. The van der Waals surface area contributed by atoms with Crippen LogP contribution in [0.25, 0.3) is 0 Å². The SMILES string of the molecule is Oc1ccc(Sc2ccc(I)c(C(F)(F)F)c2)cc1. The Balaban J connectivity index is 2.29. The molecule has 0 aromatic heterocycles. The lowest BCUT2D eigenvalue weighted by Crippen LogP contribution is -2.07. The summed E-state index contributed by atoms with van der Waals surface area (Å²) >= 11 is 2.90. The van der Waals surface area contributed by atoms with E-state index < -0.39 is 11.7 Å². The van der Waals surface area contributed by atoms with Gasteiger partial charge in [-0.15, -0.1) is 0 Å². The summed E-state index contributed by atoms with van der Waals surface area (Å²) in [5.74, 6) is 0.128. The first-order valence-electron chi connectivity index (χ1n) is 5.20. The van der Waals surface area contributed by atoms with Crippen molar-refractivity contribution in [1.82, 2.24) is 0 Å². The summed E-state index contributed by atoms with van der Waals surface area (Å²) in [5.41, 5.74) is -0.628. The fourth-order valence-electron chi connectivity index (χ4n) is 1.44. The molecule has 100 valence electrons. The van der Waals surface area contributed by atoms with Crippen LogP contribution in [0.4, 0.5) is 13.2 Å². The molecule has 0 aliphatic rings. The minimum Gasteiger partial charge on any atom is -0.508 e. The van der Waals surface area contributed by atoms with Gasteiger partial charge in [-0.05, 0) is 65.1 Å². The molecule has 0 bridgehead atoms. The van der Waals surface area contributed by atoms with Crippen molar-refractivity contribution in [3.05, 3.63) is 51.6 Å². The molecule has 0 radical (unpaired) electrons. The van der Waals surface area contributed by atoms with Crippen LogP contribution < -0.4 is 0 Å². The van der Waals surface area contributed by atoms with Crippen LogP contribution in [0.15, 0.2) is 52.3 Å². The quantitative estimate of drug-likeness (QED) is 0.708. The van der Waals surface area contributed by atoms with Crippen LogP contribution in [0.2, 0.25) is 0 Å². The van der Waals surface area contributed by atoms with Gasteiger partial charge in [-0.25, -0.2) is 0 Å². The highest BCUT2D eigenvalue weighted by Gasteiger charge is 2.33. The van der Waals surface area contributed by atoms with Gasteiger partial charge >= 0.3 is 6.18 Å². The highest BCUT2D eigenvalue weighted by Crippen LogP contribution is 2.37. The molecule has 0 aliphatic carbocycles. The normalized spacial score (nSPS) is 11.6. The Bertz CT molecular complexity index is 581. The molecule has 1 N–H and O–H groups in total. The van der Waals surface area contributed by atoms with Gasteiger partial charge in [-0.2, -0.15) is 13.2 Å². The van der Waals surface area contributed by atoms with Crippen LogP contribution in [0, 0.1) is 3.57 Å². The number of hydrogen-bond donors (Lipinski definition) is 1.